The van der Waals surface area contributed by atoms with E-state index in [0.717, 1.165) is 12.8 Å². The van der Waals surface area contributed by atoms with Gasteiger partial charge in [0.05, 0.1) is 6.61 Å². The van der Waals surface area contributed by atoms with Crippen molar-refractivity contribution in [2.75, 3.05) is 6.61 Å². The topological polar surface area (TPSA) is 66.8 Å². The largest absolute Gasteiger partial charge is 0.392 e. The molecule has 3 aliphatic rings. The maximum Gasteiger partial charge on any atom is 0.187 e. The highest BCUT2D eigenvalue weighted by Crippen LogP contribution is 2.60. The summed E-state index contributed by atoms with van der Waals surface area (Å²) in [6.07, 6.45) is 5.84. The molecule has 2 aliphatic carbocycles. The van der Waals surface area contributed by atoms with E-state index in [2.05, 4.69) is 20.8 Å². The van der Waals surface area contributed by atoms with Crippen LogP contribution < -0.4 is 0 Å². The third-order valence-corrected chi connectivity index (χ3v) is 6.87. The highest BCUT2D eigenvalue weighted by Gasteiger charge is 2.57. The quantitative estimate of drug-likeness (QED) is 0.729. The molecule has 0 aromatic carbocycles. The first kappa shape index (κ1) is 17.1. The molecule has 2 N–H and O–H groups in total. The molecule has 5 atom stereocenters. The Labute approximate surface area is 138 Å². The maximum atomic E-state index is 12.8. The molecule has 1 saturated heterocycles. The van der Waals surface area contributed by atoms with Crippen LogP contribution in [0.4, 0.5) is 0 Å². The van der Waals surface area contributed by atoms with Crippen molar-refractivity contribution < 1.29 is 19.7 Å². The number of carbonyl (C=O) groups is 1. The Morgan fingerprint density at radius 3 is 2.74 bits per heavy atom. The predicted octanol–water partition coefficient (Wildman–Crippen LogP) is 2.82. The van der Waals surface area contributed by atoms with E-state index in [1.807, 2.05) is 0 Å². The second-order valence-corrected chi connectivity index (χ2v) is 8.57. The number of aliphatic hydroxyl groups excluding tert-OH is 2. The highest BCUT2D eigenvalue weighted by molar-refractivity contribution is 6.00. The summed E-state index contributed by atoms with van der Waals surface area (Å²) in [6, 6.07) is 0. The van der Waals surface area contributed by atoms with Gasteiger partial charge in [0.25, 0.3) is 0 Å². The molecule has 4 heteroatoms. The van der Waals surface area contributed by atoms with E-state index < -0.39 is 12.4 Å². The molecule has 0 spiro atoms. The van der Waals surface area contributed by atoms with Crippen LogP contribution in [0.5, 0.6) is 0 Å². The minimum absolute atomic E-state index is 0.0281. The van der Waals surface area contributed by atoms with Crippen LogP contribution in [-0.4, -0.2) is 35.0 Å². The number of fused-ring (bicyclic) bond motifs is 3. The fourth-order valence-corrected chi connectivity index (χ4v) is 5.72. The molecule has 0 aromatic rings. The molecule has 0 bridgehead atoms. The first-order valence-corrected chi connectivity index (χ1v) is 8.97. The smallest absolute Gasteiger partial charge is 0.187 e. The second kappa shape index (κ2) is 5.98. The van der Waals surface area contributed by atoms with Crippen molar-refractivity contribution in [3.63, 3.8) is 0 Å². The third kappa shape index (κ3) is 2.79. The first-order valence-electron chi connectivity index (χ1n) is 8.97. The number of hydrogen-bond acceptors (Lipinski definition) is 4. The number of rotatable bonds is 1. The molecule has 130 valence electrons. The number of ketones is 1. The number of aliphatic hydroxyl groups is 2. The summed E-state index contributed by atoms with van der Waals surface area (Å²) in [5.74, 6) is 0.497. The van der Waals surface area contributed by atoms with Gasteiger partial charge in [-0.1, -0.05) is 33.3 Å². The lowest BCUT2D eigenvalue weighted by atomic mass is 9.49. The van der Waals surface area contributed by atoms with Crippen molar-refractivity contribution >= 4 is 5.78 Å². The lowest BCUT2D eigenvalue weighted by Gasteiger charge is -2.54. The average molecular weight is 322 g/mol. The van der Waals surface area contributed by atoms with Crippen LogP contribution in [-0.2, 0) is 9.53 Å². The molecule has 3 rings (SSSR count). The van der Waals surface area contributed by atoms with E-state index in [9.17, 15) is 9.90 Å². The Kier molecular flexibility index (Phi) is 4.45. The van der Waals surface area contributed by atoms with Gasteiger partial charge in [-0.2, -0.15) is 0 Å². The summed E-state index contributed by atoms with van der Waals surface area (Å²) in [7, 11) is 0. The zero-order valence-corrected chi connectivity index (χ0v) is 14.5. The van der Waals surface area contributed by atoms with Crippen molar-refractivity contribution in [2.45, 2.75) is 71.7 Å². The summed E-state index contributed by atoms with van der Waals surface area (Å²) in [4.78, 5) is 12.8. The van der Waals surface area contributed by atoms with Crippen molar-refractivity contribution in [2.24, 2.45) is 22.7 Å². The van der Waals surface area contributed by atoms with Gasteiger partial charge in [0.15, 0.2) is 12.1 Å². The fraction of sp³-hybridized carbons (Fsp3) is 0.842. The van der Waals surface area contributed by atoms with Crippen LogP contribution in [0.25, 0.3) is 0 Å². The van der Waals surface area contributed by atoms with Crippen molar-refractivity contribution in [3.05, 3.63) is 11.6 Å². The van der Waals surface area contributed by atoms with Gasteiger partial charge < -0.3 is 14.9 Å². The summed E-state index contributed by atoms with van der Waals surface area (Å²) >= 11 is 0. The number of hydrogen-bond donors (Lipinski definition) is 2. The molecule has 0 amide bonds. The standard InChI is InChI=1S/C19H30O4/c1-18(2)8-4-9-19(3)13-6-5-12(7-10-20)16(22)17(13)23-15(21)11-14(18)19/h7,13-15,17,20-21H,4-6,8-11H2,1-3H3/b12-7+/t13-,14-,15+,17+,19+/m0/s1. The Balaban J connectivity index is 1.99. The van der Waals surface area contributed by atoms with E-state index in [0.29, 0.717) is 24.3 Å². The Bertz CT molecular complexity index is 509. The fourth-order valence-electron chi connectivity index (χ4n) is 5.72. The van der Waals surface area contributed by atoms with Gasteiger partial charge in [-0.25, -0.2) is 0 Å². The van der Waals surface area contributed by atoms with Crippen molar-refractivity contribution in [3.8, 4) is 0 Å². The monoisotopic (exact) mass is 322 g/mol. The van der Waals surface area contributed by atoms with Crippen LogP contribution in [0.15, 0.2) is 11.6 Å². The second-order valence-electron chi connectivity index (χ2n) is 8.57. The molecule has 0 unspecified atom stereocenters. The molecule has 2 saturated carbocycles. The summed E-state index contributed by atoms with van der Waals surface area (Å²) in [6.45, 7) is 6.79. The number of Topliss-reactive ketones (excluding diaryl/α,β-unsaturated/α-hetero) is 1. The Morgan fingerprint density at radius 2 is 2.04 bits per heavy atom. The van der Waals surface area contributed by atoms with Crippen LogP contribution in [0.2, 0.25) is 0 Å². The first-order chi connectivity index (χ1) is 10.8. The zero-order valence-electron chi connectivity index (χ0n) is 14.5. The molecular formula is C19H30O4. The highest BCUT2D eigenvalue weighted by atomic mass is 16.6. The van der Waals surface area contributed by atoms with E-state index in [1.54, 1.807) is 6.08 Å². The molecule has 1 heterocycles. The van der Waals surface area contributed by atoms with Crippen LogP contribution in [0, 0.1) is 22.7 Å². The van der Waals surface area contributed by atoms with Crippen molar-refractivity contribution in [1.82, 2.24) is 0 Å². The van der Waals surface area contributed by atoms with Crippen LogP contribution in [0.3, 0.4) is 0 Å². The lowest BCUT2D eigenvalue weighted by molar-refractivity contribution is -0.167. The maximum absolute atomic E-state index is 12.8. The van der Waals surface area contributed by atoms with E-state index in [4.69, 9.17) is 9.84 Å². The molecule has 0 radical (unpaired) electrons. The Morgan fingerprint density at radius 1 is 1.30 bits per heavy atom. The van der Waals surface area contributed by atoms with Crippen molar-refractivity contribution in [1.29, 1.82) is 0 Å². The Hall–Kier alpha value is -0.710. The lowest BCUT2D eigenvalue weighted by Crippen LogP contribution is -2.51. The van der Waals surface area contributed by atoms with Crippen LogP contribution in [0.1, 0.15) is 59.3 Å². The molecular weight excluding hydrogens is 292 g/mol. The summed E-state index contributed by atoms with van der Waals surface area (Å²) < 4.78 is 5.84. The molecule has 4 nitrogen and oxygen atoms in total. The summed E-state index contributed by atoms with van der Waals surface area (Å²) in [5.41, 5.74) is 0.860. The van der Waals surface area contributed by atoms with E-state index in [1.165, 1.54) is 12.8 Å². The molecule has 0 aromatic heterocycles. The van der Waals surface area contributed by atoms with Gasteiger partial charge in [-0.15, -0.1) is 0 Å². The van der Waals surface area contributed by atoms with Gasteiger partial charge in [0, 0.05) is 6.42 Å². The van der Waals surface area contributed by atoms with E-state index in [-0.39, 0.29) is 29.1 Å². The van der Waals surface area contributed by atoms with Gasteiger partial charge in [0.1, 0.15) is 6.10 Å². The zero-order chi connectivity index (χ0) is 16.8. The summed E-state index contributed by atoms with van der Waals surface area (Å²) in [5, 5.41) is 19.5. The molecule has 3 fully saturated rings. The number of ether oxygens (including phenoxy) is 1. The third-order valence-electron chi connectivity index (χ3n) is 6.87. The molecule has 23 heavy (non-hydrogen) atoms. The van der Waals surface area contributed by atoms with Crippen LogP contribution >= 0.6 is 0 Å². The van der Waals surface area contributed by atoms with Gasteiger partial charge in [-0.3, -0.25) is 4.79 Å². The normalized spacial score (nSPS) is 45.3. The predicted molar refractivity (Wildman–Crippen MR) is 87.6 cm³/mol. The van der Waals surface area contributed by atoms with Gasteiger partial charge in [-0.05, 0) is 53.9 Å². The van der Waals surface area contributed by atoms with Gasteiger partial charge >= 0.3 is 0 Å². The molecule has 1 aliphatic heterocycles. The number of carbonyl (C=O) groups excluding carboxylic acids is 1. The van der Waals surface area contributed by atoms with Gasteiger partial charge in [0.2, 0.25) is 0 Å². The minimum atomic E-state index is -0.871. The SMILES string of the molecule is CC1(C)CCC[C@]2(C)[C@H]3CC/C(=C\CO)C(=O)[C@@H]3O[C@@H](O)C[C@@H]12. The van der Waals surface area contributed by atoms with E-state index >= 15 is 0 Å². The minimum Gasteiger partial charge on any atom is -0.392 e. The average Bonchev–Trinajstić information content (AvgIpc) is 2.58.